The first-order valence-corrected chi connectivity index (χ1v) is 4.31. The Labute approximate surface area is 67.1 Å². The van der Waals surface area contributed by atoms with Gasteiger partial charge in [0.15, 0.2) is 5.82 Å². The first-order valence-electron chi connectivity index (χ1n) is 2.76. The Morgan fingerprint density at radius 1 is 1.33 bits per heavy atom. The third-order valence-corrected chi connectivity index (χ3v) is 1.87. The van der Waals surface area contributed by atoms with Crippen LogP contribution in [0.3, 0.4) is 0 Å². The van der Waals surface area contributed by atoms with Gasteiger partial charge in [-0.3, -0.25) is 0 Å². The van der Waals surface area contributed by atoms with Gasteiger partial charge in [-0.05, 0) is 12.1 Å². The molecule has 1 heterocycles. The lowest BCUT2D eigenvalue weighted by atomic mass is 10.5. The highest BCUT2D eigenvalue weighted by molar-refractivity contribution is 7.89. The van der Waals surface area contributed by atoms with E-state index in [1.165, 1.54) is 0 Å². The van der Waals surface area contributed by atoms with Crippen LogP contribution in [-0.2, 0) is 10.0 Å². The van der Waals surface area contributed by atoms with Crippen molar-refractivity contribution in [2.24, 2.45) is 5.14 Å². The largest absolute Gasteiger partial charge is 0.258 e. The number of halogens is 2. The van der Waals surface area contributed by atoms with Gasteiger partial charge in [-0.2, -0.15) is 4.39 Å². The van der Waals surface area contributed by atoms with Crippen molar-refractivity contribution in [3.63, 3.8) is 0 Å². The predicted octanol–water partition coefficient (Wildman–Crippen LogP) is 0.00720. The minimum atomic E-state index is -4.28. The maximum Gasteiger partial charge on any atom is 0.258 e. The number of rotatable bonds is 1. The molecule has 7 heteroatoms. The van der Waals surface area contributed by atoms with Gasteiger partial charge < -0.3 is 0 Å². The van der Waals surface area contributed by atoms with E-state index in [9.17, 15) is 17.2 Å². The van der Waals surface area contributed by atoms with Crippen LogP contribution >= 0.6 is 0 Å². The van der Waals surface area contributed by atoms with Crippen molar-refractivity contribution in [2.75, 3.05) is 0 Å². The second-order valence-corrected chi connectivity index (χ2v) is 3.44. The molecule has 0 radical (unpaired) electrons. The van der Waals surface area contributed by atoms with Crippen molar-refractivity contribution in [2.45, 2.75) is 5.03 Å². The summed E-state index contributed by atoms with van der Waals surface area (Å²) in [4.78, 5) is 2.79. The highest BCUT2D eigenvalue weighted by atomic mass is 32.2. The molecule has 0 aliphatic rings. The second-order valence-electron chi connectivity index (χ2n) is 1.97. The standard InChI is InChI=1S/C5H4F2N2O2S/c6-3-1-2-4(7)9-5(3)12(8,10)11/h1-2H,(H2,8,10,11). The summed E-state index contributed by atoms with van der Waals surface area (Å²) in [6, 6.07) is 1.34. The van der Waals surface area contributed by atoms with Crippen LogP contribution in [0.15, 0.2) is 17.2 Å². The molecule has 0 bridgehead atoms. The van der Waals surface area contributed by atoms with E-state index >= 15 is 0 Å². The Hall–Kier alpha value is -1.08. The zero-order valence-corrected chi connectivity index (χ0v) is 6.48. The van der Waals surface area contributed by atoms with Crippen LogP contribution in [0, 0.1) is 11.8 Å². The molecule has 0 aliphatic heterocycles. The molecule has 0 spiro atoms. The first kappa shape index (κ1) is 9.01. The zero-order chi connectivity index (χ0) is 9.35. The first-order chi connectivity index (χ1) is 5.41. The van der Waals surface area contributed by atoms with Crippen molar-refractivity contribution in [1.82, 2.24) is 4.98 Å². The van der Waals surface area contributed by atoms with Crippen LogP contribution in [0.5, 0.6) is 0 Å². The van der Waals surface area contributed by atoms with Gasteiger partial charge in [0, 0.05) is 0 Å². The molecule has 0 aliphatic carbocycles. The van der Waals surface area contributed by atoms with Crippen molar-refractivity contribution in [3.05, 3.63) is 23.9 Å². The van der Waals surface area contributed by atoms with Gasteiger partial charge in [-0.15, -0.1) is 0 Å². The van der Waals surface area contributed by atoms with E-state index < -0.39 is 26.8 Å². The summed E-state index contributed by atoms with van der Waals surface area (Å²) < 4.78 is 45.9. The van der Waals surface area contributed by atoms with E-state index in [0.29, 0.717) is 12.1 Å². The smallest absolute Gasteiger partial charge is 0.223 e. The average molecular weight is 194 g/mol. The summed E-state index contributed by atoms with van der Waals surface area (Å²) in [5.74, 6) is -2.26. The summed E-state index contributed by atoms with van der Waals surface area (Å²) in [5, 5.41) is 3.45. The van der Waals surface area contributed by atoms with E-state index in [1.807, 2.05) is 0 Å². The molecule has 1 rings (SSSR count). The molecule has 0 atom stereocenters. The van der Waals surface area contributed by atoms with Crippen molar-refractivity contribution < 1.29 is 17.2 Å². The molecule has 0 saturated carbocycles. The number of hydrogen-bond acceptors (Lipinski definition) is 3. The van der Waals surface area contributed by atoms with Crippen LogP contribution in [0.2, 0.25) is 0 Å². The number of pyridine rings is 1. The SMILES string of the molecule is NS(=O)(=O)c1nc(F)ccc1F. The van der Waals surface area contributed by atoms with Gasteiger partial charge in [0.1, 0.15) is 0 Å². The lowest BCUT2D eigenvalue weighted by Crippen LogP contribution is -2.16. The van der Waals surface area contributed by atoms with Gasteiger partial charge in [0.05, 0.1) is 0 Å². The van der Waals surface area contributed by atoms with Gasteiger partial charge >= 0.3 is 0 Å². The van der Waals surface area contributed by atoms with Crippen LogP contribution in [0.4, 0.5) is 8.78 Å². The fraction of sp³-hybridized carbons (Fsp3) is 0. The van der Waals surface area contributed by atoms with Crippen LogP contribution in [-0.4, -0.2) is 13.4 Å². The fourth-order valence-corrected chi connectivity index (χ4v) is 1.15. The molecule has 12 heavy (non-hydrogen) atoms. The van der Waals surface area contributed by atoms with E-state index in [2.05, 4.69) is 10.1 Å². The molecule has 1 aromatic heterocycles. The van der Waals surface area contributed by atoms with Crippen molar-refractivity contribution >= 4 is 10.0 Å². The van der Waals surface area contributed by atoms with Gasteiger partial charge in [0.2, 0.25) is 11.0 Å². The fourth-order valence-electron chi connectivity index (χ4n) is 0.600. The highest BCUT2D eigenvalue weighted by Crippen LogP contribution is 2.09. The van der Waals surface area contributed by atoms with Crippen molar-refractivity contribution in [1.29, 1.82) is 0 Å². The number of primary sulfonamides is 1. The Kier molecular flexibility index (Phi) is 2.07. The van der Waals surface area contributed by atoms with Gasteiger partial charge in [-0.25, -0.2) is 22.9 Å². The summed E-state index contributed by atoms with van der Waals surface area (Å²) in [5.41, 5.74) is 0. The molecule has 1 aromatic rings. The molecule has 66 valence electrons. The van der Waals surface area contributed by atoms with Gasteiger partial charge in [0.25, 0.3) is 10.0 Å². The molecule has 4 nitrogen and oxygen atoms in total. The minimum Gasteiger partial charge on any atom is -0.223 e. The lowest BCUT2D eigenvalue weighted by molar-refractivity contribution is 0.513. The molecule has 0 unspecified atom stereocenters. The second kappa shape index (κ2) is 2.76. The average Bonchev–Trinajstić information content (AvgIpc) is 1.92. The summed E-state index contributed by atoms with van der Waals surface area (Å²) in [7, 11) is -4.28. The number of nitrogens with two attached hydrogens (primary N) is 1. The summed E-state index contributed by atoms with van der Waals surface area (Å²) in [6.45, 7) is 0. The molecule has 0 fully saturated rings. The van der Waals surface area contributed by atoms with Crippen LogP contribution in [0.25, 0.3) is 0 Å². The maximum atomic E-state index is 12.6. The van der Waals surface area contributed by atoms with Crippen LogP contribution in [0.1, 0.15) is 0 Å². The molecule has 0 saturated heterocycles. The van der Waals surface area contributed by atoms with Gasteiger partial charge in [-0.1, -0.05) is 0 Å². The molecule has 0 aromatic carbocycles. The number of hydrogen-bond donors (Lipinski definition) is 1. The Morgan fingerprint density at radius 3 is 2.33 bits per heavy atom. The topological polar surface area (TPSA) is 73.1 Å². The highest BCUT2D eigenvalue weighted by Gasteiger charge is 2.16. The third-order valence-electron chi connectivity index (χ3n) is 1.05. The molecular weight excluding hydrogens is 190 g/mol. The summed E-state index contributed by atoms with van der Waals surface area (Å²) in [6.07, 6.45) is 0. The van der Waals surface area contributed by atoms with E-state index in [0.717, 1.165) is 0 Å². The summed E-state index contributed by atoms with van der Waals surface area (Å²) >= 11 is 0. The van der Waals surface area contributed by atoms with Crippen molar-refractivity contribution in [3.8, 4) is 0 Å². The number of aromatic nitrogens is 1. The Bertz CT molecular complexity index is 404. The third kappa shape index (κ3) is 1.74. The Morgan fingerprint density at radius 2 is 1.92 bits per heavy atom. The Balaban J connectivity index is 3.43. The molecular formula is C5H4F2N2O2S. The molecule has 2 N–H and O–H groups in total. The number of nitrogens with zero attached hydrogens (tertiary/aromatic N) is 1. The van der Waals surface area contributed by atoms with E-state index in [-0.39, 0.29) is 0 Å². The van der Waals surface area contributed by atoms with E-state index in [1.54, 1.807) is 0 Å². The zero-order valence-electron chi connectivity index (χ0n) is 5.66. The predicted molar refractivity (Wildman–Crippen MR) is 35.5 cm³/mol. The molecule has 0 amide bonds. The quantitative estimate of drug-likeness (QED) is 0.640. The van der Waals surface area contributed by atoms with Crippen LogP contribution < -0.4 is 5.14 Å². The minimum absolute atomic E-state index is 0.641. The van der Waals surface area contributed by atoms with E-state index in [4.69, 9.17) is 0 Å². The normalized spacial score (nSPS) is 11.6. The monoisotopic (exact) mass is 194 g/mol. The number of sulfonamides is 1. The lowest BCUT2D eigenvalue weighted by Gasteiger charge is -1.97. The maximum absolute atomic E-state index is 12.6.